The van der Waals surface area contributed by atoms with Crippen LogP contribution in [0.25, 0.3) is 11.6 Å². The Bertz CT molecular complexity index is 1200. The molecule has 6 heteroatoms. The Morgan fingerprint density at radius 3 is 2.34 bits per heavy atom. The Balaban J connectivity index is 2.00. The first-order chi connectivity index (χ1) is 15.3. The lowest BCUT2D eigenvalue weighted by Crippen LogP contribution is -2.42. The fourth-order valence-electron chi connectivity index (χ4n) is 4.25. The van der Waals surface area contributed by atoms with Gasteiger partial charge in [-0.1, -0.05) is 29.8 Å². The van der Waals surface area contributed by atoms with Crippen LogP contribution in [0.4, 0.5) is 11.4 Å². The Morgan fingerprint density at radius 1 is 1.06 bits per heavy atom. The van der Waals surface area contributed by atoms with Crippen LogP contribution in [0.1, 0.15) is 34.0 Å². The largest absolute Gasteiger partial charge is 0.496 e. The van der Waals surface area contributed by atoms with Crippen LogP contribution in [-0.4, -0.2) is 31.0 Å². The third-order valence-electron chi connectivity index (χ3n) is 5.99. The van der Waals surface area contributed by atoms with E-state index in [1.165, 1.54) is 0 Å². The van der Waals surface area contributed by atoms with E-state index in [2.05, 4.69) is 4.90 Å². The van der Waals surface area contributed by atoms with Crippen molar-refractivity contribution < 1.29 is 19.4 Å². The quantitative estimate of drug-likeness (QED) is 0.487. The Morgan fingerprint density at radius 2 is 1.75 bits per heavy atom. The molecule has 0 amide bonds. The first-order valence-corrected chi connectivity index (χ1v) is 10.5. The highest BCUT2D eigenvalue weighted by atomic mass is 35.5. The van der Waals surface area contributed by atoms with Gasteiger partial charge < -0.3 is 19.5 Å². The number of halogens is 1. The number of hydrogen-bond donors (Lipinski definition) is 1. The molecule has 0 spiro atoms. The van der Waals surface area contributed by atoms with E-state index in [-0.39, 0.29) is 5.56 Å². The number of aryl methyl sites for hydroxylation is 1. The summed E-state index contributed by atoms with van der Waals surface area (Å²) in [5.41, 5.74) is 4.78. The van der Waals surface area contributed by atoms with Crippen molar-refractivity contribution in [3.05, 3.63) is 87.9 Å². The molecule has 32 heavy (non-hydrogen) atoms. The second-order valence-corrected chi connectivity index (χ2v) is 8.16. The second kappa shape index (κ2) is 8.34. The topological polar surface area (TPSA) is 59.0 Å². The van der Waals surface area contributed by atoms with Gasteiger partial charge in [0.25, 0.3) is 0 Å². The van der Waals surface area contributed by atoms with E-state index in [4.69, 9.17) is 21.1 Å². The van der Waals surface area contributed by atoms with Gasteiger partial charge in [-0.2, -0.15) is 0 Å². The van der Waals surface area contributed by atoms with Crippen LogP contribution in [0, 0.1) is 6.92 Å². The van der Waals surface area contributed by atoms with Gasteiger partial charge in [0.05, 0.1) is 18.4 Å². The van der Waals surface area contributed by atoms with Crippen LogP contribution >= 0.6 is 11.6 Å². The summed E-state index contributed by atoms with van der Waals surface area (Å²) in [6.07, 6.45) is 2.05. The molecule has 0 saturated heterocycles. The zero-order valence-electron chi connectivity index (χ0n) is 18.3. The van der Waals surface area contributed by atoms with E-state index in [0.29, 0.717) is 10.8 Å². The van der Waals surface area contributed by atoms with Crippen molar-refractivity contribution >= 4 is 40.6 Å². The average Bonchev–Trinajstić information content (AvgIpc) is 3.04. The molecule has 0 aliphatic carbocycles. The van der Waals surface area contributed by atoms with Crippen molar-refractivity contribution in [1.82, 2.24) is 0 Å². The number of benzene rings is 3. The first-order valence-electron chi connectivity index (χ1n) is 10.1. The lowest BCUT2D eigenvalue weighted by molar-refractivity contribution is 0.0681. The van der Waals surface area contributed by atoms with E-state index in [0.717, 1.165) is 33.6 Å². The third-order valence-corrected chi connectivity index (χ3v) is 6.32. The number of fused-ring (bicyclic) bond motifs is 1. The van der Waals surface area contributed by atoms with Gasteiger partial charge in [-0.3, -0.25) is 0 Å². The van der Waals surface area contributed by atoms with Crippen LogP contribution in [0.15, 0.2) is 60.7 Å². The second-order valence-electron chi connectivity index (χ2n) is 7.76. The van der Waals surface area contributed by atoms with Crippen molar-refractivity contribution in [3.63, 3.8) is 0 Å². The van der Waals surface area contributed by atoms with Crippen LogP contribution in [0.5, 0.6) is 5.75 Å². The number of carboxylic acid groups (broad SMARTS) is 1. The molecular formula is C26H24ClNO4. The maximum atomic E-state index is 11.3. The maximum Gasteiger partial charge on any atom is 0.335 e. The van der Waals surface area contributed by atoms with Gasteiger partial charge in [-0.25, -0.2) is 4.79 Å². The smallest absolute Gasteiger partial charge is 0.335 e. The summed E-state index contributed by atoms with van der Waals surface area (Å²) in [4.78, 5) is 13.4. The number of ether oxygens (including phenoxy) is 2. The van der Waals surface area contributed by atoms with Crippen molar-refractivity contribution in [3.8, 4) is 5.75 Å². The minimum absolute atomic E-state index is 0.223. The number of rotatable bonds is 5. The fraction of sp³-hybridized carbons (Fsp3) is 0.192. The zero-order chi connectivity index (χ0) is 23.0. The van der Waals surface area contributed by atoms with E-state index in [1.54, 1.807) is 38.5 Å². The number of nitrogens with zero attached hydrogens (tertiary/aromatic N) is 1. The Hall–Kier alpha value is -3.28. The van der Waals surface area contributed by atoms with E-state index < -0.39 is 11.7 Å². The highest BCUT2D eigenvalue weighted by Gasteiger charge is 2.47. The molecule has 4 rings (SSSR count). The van der Waals surface area contributed by atoms with Crippen molar-refractivity contribution in [2.45, 2.75) is 19.6 Å². The molecule has 1 aliphatic rings. The summed E-state index contributed by atoms with van der Waals surface area (Å²) >= 11 is 6.56. The predicted octanol–water partition coefficient (Wildman–Crippen LogP) is 6.41. The molecule has 1 N–H and O–H groups in total. The number of carbonyl (C=O) groups is 1. The summed E-state index contributed by atoms with van der Waals surface area (Å²) in [5, 5.41) is 9.95. The van der Waals surface area contributed by atoms with Crippen LogP contribution in [-0.2, 0) is 4.74 Å². The van der Waals surface area contributed by atoms with Gasteiger partial charge in [-0.05, 0) is 73.5 Å². The predicted molar refractivity (Wildman–Crippen MR) is 128 cm³/mol. The number of hydrogen-bond acceptors (Lipinski definition) is 4. The van der Waals surface area contributed by atoms with Gasteiger partial charge in [0, 0.05) is 29.0 Å². The zero-order valence-corrected chi connectivity index (χ0v) is 19.1. The Labute approximate surface area is 192 Å². The van der Waals surface area contributed by atoms with E-state index in [9.17, 15) is 9.90 Å². The molecular weight excluding hydrogens is 426 g/mol. The number of anilines is 2. The summed E-state index contributed by atoms with van der Waals surface area (Å²) < 4.78 is 11.9. The molecule has 1 heterocycles. The molecule has 5 nitrogen and oxygen atoms in total. The van der Waals surface area contributed by atoms with Crippen molar-refractivity contribution in [2.75, 3.05) is 19.1 Å². The minimum Gasteiger partial charge on any atom is -0.496 e. The number of aromatic carboxylic acids is 1. The molecule has 164 valence electrons. The summed E-state index contributed by atoms with van der Waals surface area (Å²) in [5.74, 6) is -0.254. The van der Waals surface area contributed by atoms with E-state index in [1.807, 2.05) is 56.3 Å². The van der Waals surface area contributed by atoms with Crippen molar-refractivity contribution in [2.24, 2.45) is 0 Å². The summed E-state index contributed by atoms with van der Waals surface area (Å²) in [6.45, 7) is 4.00. The maximum absolute atomic E-state index is 11.3. The van der Waals surface area contributed by atoms with Crippen molar-refractivity contribution in [1.29, 1.82) is 0 Å². The molecule has 3 aromatic rings. The Kier molecular flexibility index (Phi) is 5.71. The fourth-order valence-corrected chi connectivity index (χ4v) is 4.52. The molecule has 0 saturated carbocycles. The third kappa shape index (κ3) is 3.44. The van der Waals surface area contributed by atoms with E-state index >= 15 is 0 Å². The molecule has 0 aromatic heterocycles. The minimum atomic E-state index is -0.968. The van der Waals surface area contributed by atoms with Gasteiger partial charge >= 0.3 is 5.97 Å². The first kappa shape index (κ1) is 21.9. The highest BCUT2D eigenvalue weighted by Crippen LogP contribution is 2.55. The lowest BCUT2D eigenvalue weighted by atomic mass is 9.95. The molecule has 0 bridgehead atoms. The highest BCUT2D eigenvalue weighted by molar-refractivity contribution is 6.32. The van der Waals surface area contributed by atoms with Gasteiger partial charge in [0.15, 0.2) is 5.72 Å². The van der Waals surface area contributed by atoms with Crippen LogP contribution in [0.2, 0.25) is 5.02 Å². The summed E-state index contributed by atoms with van der Waals surface area (Å²) in [7, 11) is 3.30. The van der Waals surface area contributed by atoms with Crippen LogP contribution < -0.4 is 9.64 Å². The standard InChI is InChI=1S/C26H24ClNO4/c1-16-7-5-8-21(27)19(16)15-20-24-22(9-6-10-23(24)31-3)28(26(20,2)32-4)18-13-11-17(12-14-18)25(29)30/h5-15H,1-4H3,(H,29,30)/b20-15-. The lowest BCUT2D eigenvalue weighted by Gasteiger charge is -2.37. The van der Waals surface area contributed by atoms with Gasteiger partial charge in [0.2, 0.25) is 0 Å². The van der Waals surface area contributed by atoms with Gasteiger partial charge in [0.1, 0.15) is 5.75 Å². The average molecular weight is 450 g/mol. The molecule has 3 aromatic carbocycles. The summed E-state index contributed by atoms with van der Waals surface area (Å²) in [6, 6.07) is 18.4. The monoisotopic (exact) mass is 449 g/mol. The van der Waals surface area contributed by atoms with Gasteiger partial charge in [-0.15, -0.1) is 0 Å². The molecule has 0 radical (unpaired) electrons. The van der Waals surface area contributed by atoms with Crippen LogP contribution in [0.3, 0.4) is 0 Å². The normalized spacial score (nSPS) is 18.7. The molecule has 1 atom stereocenters. The number of carboxylic acids is 1. The molecule has 1 aliphatic heterocycles. The molecule has 0 fully saturated rings. The number of methoxy groups -OCH3 is 2. The SMILES string of the molecule is COc1cccc2c1/C(=C/c1c(C)cccc1Cl)C(C)(OC)N2c1ccc(C(=O)O)cc1. The molecule has 1 unspecified atom stereocenters.